The topological polar surface area (TPSA) is 79.0 Å². The number of anilines is 1. The number of amides is 3. The maximum atomic E-state index is 13.9. The molecule has 1 heterocycles. The van der Waals surface area contributed by atoms with Gasteiger partial charge in [0, 0.05) is 50.6 Å². The summed E-state index contributed by atoms with van der Waals surface area (Å²) in [7, 11) is 0. The monoisotopic (exact) mass is 489 g/mol. The van der Waals surface area contributed by atoms with Crippen molar-refractivity contribution in [1.82, 2.24) is 9.80 Å². The number of carbonyl (C=O) groups is 3. The Morgan fingerprint density at radius 2 is 1.54 bits per heavy atom. The number of halogens is 2. The molecule has 3 amide bonds. The molecule has 0 unspecified atom stereocenters. The van der Waals surface area contributed by atoms with Crippen molar-refractivity contribution in [2.24, 2.45) is 0 Å². The van der Waals surface area contributed by atoms with Crippen molar-refractivity contribution < 1.29 is 27.9 Å². The van der Waals surface area contributed by atoms with Crippen LogP contribution < -0.4 is 5.32 Å². The normalized spacial score (nSPS) is 13.1. The van der Waals surface area contributed by atoms with Gasteiger partial charge in [0.1, 0.15) is 11.6 Å². The molecule has 0 spiro atoms. The van der Waals surface area contributed by atoms with Crippen molar-refractivity contribution in [2.75, 3.05) is 44.7 Å². The molecule has 0 bridgehead atoms. The molecule has 1 saturated heterocycles. The molecule has 35 heavy (non-hydrogen) atoms. The zero-order chi connectivity index (χ0) is 25.8. The summed E-state index contributed by atoms with van der Waals surface area (Å²) in [4.78, 5) is 39.1. The van der Waals surface area contributed by atoms with Crippen LogP contribution in [0.1, 0.15) is 54.3 Å². The minimum Gasteiger partial charge on any atom is -0.381 e. The quantitative estimate of drug-likeness (QED) is 0.440. The number of ether oxygens (including phenoxy) is 1. The number of benzene rings is 2. The minimum atomic E-state index is -0.698. The first-order chi connectivity index (χ1) is 16.8. The number of nitrogens with one attached hydrogen (secondary N) is 1. The first kappa shape index (κ1) is 27.9. The fourth-order valence-corrected chi connectivity index (χ4v) is 3.39. The van der Waals surface area contributed by atoms with Gasteiger partial charge < -0.3 is 19.9 Å². The molecule has 0 aromatic heterocycles. The Bertz CT molecular complexity index is 1000. The summed E-state index contributed by atoms with van der Waals surface area (Å²) in [6.07, 6.45) is 2.28. The lowest BCUT2D eigenvalue weighted by atomic mass is 10.1. The summed E-state index contributed by atoms with van der Waals surface area (Å²) in [6.45, 7) is 8.55. The highest BCUT2D eigenvalue weighted by molar-refractivity contribution is 5.96. The second-order valence-corrected chi connectivity index (χ2v) is 8.08. The van der Waals surface area contributed by atoms with Gasteiger partial charge in [0.25, 0.3) is 5.91 Å². The molecule has 2 aromatic carbocycles. The molecule has 1 aliphatic rings. The fraction of sp³-hybridized carbons (Fsp3) is 0.423. The van der Waals surface area contributed by atoms with E-state index in [9.17, 15) is 23.2 Å². The Kier molecular flexibility index (Phi) is 11.3. The average Bonchev–Trinajstić information content (AvgIpc) is 2.84. The number of Topliss-reactive ketones (excluding diaryl/α,β-unsaturated/α-hetero) is 1. The number of rotatable bonds is 7. The number of hydrogen-bond donors (Lipinski definition) is 1. The third kappa shape index (κ3) is 8.75. The van der Waals surface area contributed by atoms with Gasteiger partial charge in [-0.2, -0.15) is 0 Å². The predicted octanol–water partition coefficient (Wildman–Crippen LogP) is 4.98. The zero-order valence-electron chi connectivity index (χ0n) is 20.5. The van der Waals surface area contributed by atoms with Crippen LogP contribution in [0.15, 0.2) is 42.5 Å². The zero-order valence-corrected chi connectivity index (χ0v) is 20.5. The molecule has 9 heteroatoms. The Morgan fingerprint density at radius 3 is 2.09 bits per heavy atom. The van der Waals surface area contributed by atoms with Gasteiger partial charge in [0.15, 0.2) is 5.78 Å². The molecule has 1 N–H and O–H groups in total. The van der Waals surface area contributed by atoms with Crippen molar-refractivity contribution >= 4 is 23.4 Å². The van der Waals surface area contributed by atoms with E-state index in [4.69, 9.17) is 4.74 Å². The Morgan fingerprint density at radius 1 is 0.914 bits per heavy atom. The van der Waals surface area contributed by atoms with E-state index in [-0.39, 0.29) is 22.7 Å². The van der Waals surface area contributed by atoms with Gasteiger partial charge in [-0.25, -0.2) is 13.6 Å². The fourth-order valence-electron chi connectivity index (χ4n) is 3.39. The molecule has 0 atom stereocenters. The van der Waals surface area contributed by atoms with Crippen molar-refractivity contribution in [3.63, 3.8) is 0 Å². The van der Waals surface area contributed by atoms with Crippen molar-refractivity contribution in [3.8, 4) is 0 Å². The Balaban J connectivity index is 0.000000540. The number of carbonyl (C=O) groups excluding carboxylic acids is 3. The van der Waals surface area contributed by atoms with E-state index in [0.29, 0.717) is 26.2 Å². The van der Waals surface area contributed by atoms with Crippen molar-refractivity contribution in [1.29, 1.82) is 0 Å². The van der Waals surface area contributed by atoms with Gasteiger partial charge in [-0.05, 0) is 56.2 Å². The molecule has 1 fully saturated rings. The summed E-state index contributed by atoms with van der Waals surface area (Å²) in [6, 6.07) is 8.92. The number of urea groups is 1. The SMILES string of the molecule is CC(=O)c1ccc(NC(=O)N2CCN(C(=O)c3cccc(F)c3)CC2)cc1F.CCCOCCC. The molecular weight excluding hydrogens is 456 g/mol. The molecule has 0 radical (unpaired) electrons. The van der Waals surface area contributed by atoms with Crippen LogP contribution in [-0.4, -0.2) is 66.9 Å². The largest absolute Gasteiger partial charge is 0.381 e. The molecular formula is C26H33F2N3O4. The van der Waals surface area contributed by atoms with E-state index < -0.39 is 23.4 Å². The van der Waals surface area contributed by atoms with Gasteiger partial charge in [-0.15, -0.1) is 0 Å². The van der Waals surface area contributed by atoms with E-state index in [1.54, 1.807) is 11.0 Å². The molecule has 1 aliphatic heterocycles. The summed E-state index contributed by atoms with van der Waals surface area (Å²) >= 11 is 0. The lowest BCUT2D eigenvalue weighted by Gasteiger charge is -2.34. The average molecular weight is 490 g/mol. The number of hydrogen-bond acceptors (Lipinski definition) is 4. The highest BCUT2D eigenvalue weighted by Crippen LogP contribution is 2.16. The van der Waals surface area contributed by atoms with Gasteiger partial charge in [0.05, 0.1) is 5.56 Å². The van der Waals surface area contributed by atoms with E-state index in [2.05, 4.69) is 19.2 Å². The standard InChI is InChI=1S/C20H19F2N3O3.C6H14O/c1-13(26)17-6-5-16(12-18(17)22)23-20(28)25-9-7-24(8-10-25)19(27)14-3-2-4-15(21)11-14;1-3-5-7-6-4-2/h2-6,11-12H,7-10H2,1H3,(H,23,28);3-6H2,1-2H3. The highest BCUT2D eigenvalue weighted by Gasteiger charge is 2.25. The molecule has 0 saturated carbocycles. The van der Waals surface area contributed by atoms with Crippen LogP contribution in [0.4, 0.5) is 19.3 Å². The van der Waals surface area contributed by atoms with Crippen LogP contribution in [0.25, 0.3) is 0 Å². The molecule has 7 nitrogen and oxygen atoms in total. The lowest BCUT2D eigenvalue weighted by molar-refractivity contribution is 0.0671. The van der Waals surface area contributed by atoms with E-state index in [1.807, 2.05) is 0 Å². The summed E-state index contributed by atoms with van der Waals surface area (Å²) in [5.74, 6) is -1.86. The second kappa shape index (κ2) is 14.2. The van der Waals surface area contributed by atoms with E-state index in [1.165, 1.54) is 42.2 Å². The molecule has 2 aromatic rings. The van der Waals surface area contributed by atoms with E-state index >= 15 is 0 Å². The van der Waals surface area contributed by atoms with Crippen LogP contribution in [0, 0.1) is 11.6 Å². The third-order valence-corrected chi connectivity index (χ3v) is 5.22. The van der Waals surface area contributed by atoms with Gasteiger partial charge in [-0.3, -0.25) is 9.59 Å². The number of piperazine rings is 1. The van der Waals surface area contributed by atoms with Gasteiger partial charge >= 0.3 is 6.03 Å². The van der Waals surface area contributed by atoms with Gasteiger partial charge in [0.2, 0.25) is 0 Å². The third-order valence-electron chi connectivity index (χ3n) is 5.22. The molecule has 0 aliphatic carbocycles. The smallest absolute Gasteiger partial charge is 0.321 e. The summed E-state index contributed by atoms with van der Waals surface area (Å²) < 4.78 is 32.3. The highest BCUT2D eigenvalue weighted by atomic mass is 19.1. The number of ketones is 1. The molecule has 190 valence electrons. The van der Waals surface area contributed by atoms with Gasteiger partial charge in [-0.1, -0.05) is 19.9 Å². The van der Waals surface area contributed by atoms with Crippen molar-refractivity contribution in [2.45, 2.75) is 33.6 Å². The van der Waals surface area contributed by atoms with Crippen LogP contribution in [0.2, 0.25) is 0 Å². The first-order valence-corrected chi connectivity index (χ1v) is 11.8. The van der Waals surface area contributed by atoms with Crippen LogP contribution >= 0.6 is 0 Å². The molecule has 3 rings (SSSR count). The Labute approximate surface area is 205 Å². The Hall–Kier alpha value is -3.33. The second-order valence-electron chi connectivity index (χ2n) is 8.08. The summed E-state index contributed by atoms with van der Waals surface area (Å²) in [5.41, 5.74) is 0.465. The van der Waals surface area contributed by atoms with Crippen LogP contribution in [0.3, 0.4) is 0 Å². The minimum absolute atomic E-state index is 0.0394. The maximum Gasteiger partial charge on any atom is 0.321 e. The van der Waals surface area contributed by atoms with Crippen molar-refractivity contribution in [3.05, 3.63) is 65.2 Å². The lowest BCUT2D eigenvalue weighted by Crippen LogP contribution is -2.51. The first-order valence-electron chi connectivity index (χ1n) is 11.8. The van der Waals surface area contributed by atoms with Crippen LogP contribution in [0.5, 0.6) is 0 Å². The van der Waals surface area contributed by atoms with Crippen LogP contribution in [-0.2, 0) is 4.74 Å². The van der Waals surface area contributed by atoms with E-state index in [0.717, 1.165) is 32.1 Å². The summed E-state index contributed by atoms with van der Waals surface area (Å²) in [5, 5.41) is 2.58. The predicted molar refractivity (Wildman–Crippen MR) is 131 cm³/mol. The maximum absolute atomic E-state index is 13.9. The number of nitrogens with zero attached hydrogens (tertiary/aromatic N) is 2.